The van der Waals surface area contributed by atoms with E-state index < -0.39 is 10.0 Å². The molecule has 0 unspecified atom stereocenters. The third-order valence-corrected chi connectivity index (χ3v) is 5.25. The van der Waals surface area contributed by atoms with E-state index in [1.165, 1.54) is 19.3 Å². The van der Waals surface area contributed by atoms with Gasteiger partial charge in [-0.3, -0.25) is 0 Å². The third kappa shape index (κ3) is 4.98. The van der Waals surface area contributed by atoms with Crippen LogP contribution in [0, 0.1) is 5.92 Å². The molecule has 1 aliphatic rings. The van der Waals surface area contributed by atoms with Crippen LogP contribution in [0.25, 0.3) is 0 Å². The fourth-order valence-corrected chi connectivity index (χ4v) is 3.28. The van der Waals surface area contributed by atoms with E-state index in [9.17, 15) is 8.42 Å². The lowest BCUT2D eigenvalue weighted by atomic mass is 9.83. The van der Waals surface area contributed by atoms with Crippen molar-refractivity contribution in [3.8, 4) is 5.75 Å². The summed E-state index contributed by atoms with van der Waals surface area (Å²) < 4.78 is 32.2. The second kappa shape index (κ2) is 7.77. The third-order valence-electron chi connectivity index (χ3n) is 3.77. The number of benzene rings is 1. The van der Waals surface area contributed by atoms with Gasteiger partial charge in [-0.25, -0.2) is 13.1 Å². The Labute approximate surface area is 126 Å². The van der Waals surface area contributed by atoms with Gasteiger partial charge in [-0.15, -0.1) is 0 Å². The van der Waals surface area contributed by atoms with Crippen LogP contribution >= 0.6 is 0 Å². The highest BCUT2D eigenvalue weighted by molar-refractivity contribution is 7.89. The van der Waals surface area contributed by atoms with Gasteiger partial charge >= 0.3 is 0 Å². The van der Waals surface area contributed by atoms with Gasteiger partial charge in [0.15, 0.2) is 0 Å². The van der Waals surface area contributed by atoms with Gasteiger partial charge in [0.2, 0.25) is 10.0 Å². The minimum absolute atomic E-state index is 0.0807. The molecule has 1 aliphatic carbocycles. The van der Waals surface area contributed by atoms with Crippen molar-refractivity contribution in [2.75, 3.05) is 19.8 Å². The highest BCUT2D eigenvalue weighted by atomic mass is 32.2. The van der Waals surface area contributed by atoms with Crippen molar-refractivity contribution in [1.29, 1.82) is 0 Å². The normalized spacial score (nSPS) is 15.7. The summed E-state index contributed by atoms with van der Waals surface area (Å²) >= 11 is 0. The molecular weight excluding hydrogens is 290 g/mol. The van der Waals surface area contributed by atoms with E-state index in [-0.39, 0.29) is 11.5 Å². The molecule has 6 heteroatoms. The number of rotatable bonds is 9. The summed E-state index contributed by atoms with van der Waals surface area (Å²) in [5.74, 6) is 1.30. The predicted octanol–water partition coefficient (Wildman–Crippen LogP) is 1.92. The molecule has 5 nitrogen and oxygen atoms in total. The Balaban J connectivity index is 1.83. The van der Waals surface area contributed by atoms with E-state index in [2.05, 4.69) is 4.72 Å². The average Bonchev–Trinajstić information content (AvgIpc) is 2.42. The molecule has 0 heterocycles. The van der Waals surface area contributed by atoms with Crippen LogP contribution in [-0.2, 0) is 10.0 Å². The number of sulfonamides is 1. The number of hydrogen-bond acceptors (Lipinski definition) is 4. The lowest BCUT2D eigenvalue weighted by molar-refractivity contribution is 0.233. The molecule has 0 bridgehead atoms. The van der Waals surface area contributed by atoms with E-state index in [1.54, 1.807) is 24.3 Å². The van der Waals surface area contributed by atoms with Crippen molar-refractivity contribution in [3.05, 3.63) is 24.3 Å². The number of aliphatic hydroxyl groups is 1. The first-order valence-electron chi connectivity index (χ1n) is 7.45. The molecule has 2 rings (SSSR count). The molecule has 0 spiro atoms. The average molecular weight is 313 g/mol. The predicted molar refractivity (Wildman–Crippen MR) is 80.8 cm³/mol. The van der Waals surface area contributed by atoms with Crippen LogP contribution < -0.4 is 9.46 Å². The number of nitrogens with one attached hydrogen (secondary N) is 1. The Hall–Kier alpha value is -1.11. The van der Waals surface area contributed by atoms with Crippen LogP contribution in [0.2, 0.25) is 0 Å². The molecule has 1 aromatic carbocycles. The van der Waals surface area contributed by atoms with Crippen LogP contribution in [0.5, 0.6) is 5.75 Å². The molecule has 0 atom stereocenters. The SMILES string of the molecule is O=S(=O)(NCCC1CCC1)c1ccc(OCCCO)cc1. The van der Waals surface area contributed by atoms with E-state index >= 15 is 0 Å². The molecule has 21 heavy (non-hydrogen) atoms. The lowest BCUT2D eigenvalue weighted by Crippen LogP contribution is -2.27. The fraction of sp³-hybridized carbons (Fsp3) is 0.600. The van der Waals surface area contributed by atoms with Crippen LogP contribution in [-0.4, -0.2) is 33.3 Å². The van der Waals surface area contributed by atoms with Crippen molar-refractivity contribution in [3.63, 3.8) is 0 Å². The smallest absolute Gasteiger partial charge is 0.240 e. The maximum atomic E-state index is 12.1. The molecule has 0 aromatic heterocycles. The van der Waals surface area contributed by atoms with Crippen LogP contribution in [0.4, 0.5) is 0 Å². The molecular formula is C15H23NO4S. The first-order valence-corrected chi connectivity index (χ1v) is 8.93. The molecule has 0 radical (unpaired) electrons. The number of hydrogen-bond donors (Lipinski definition) is 2. The molecule has 2 N–H and O–H groups in total. The second-order valence-corrected chi connectivity index (χ2v) is 7.15. The minimum Gasteiger partial charge on any atom is -0.494 e. The summed E-state index contributed by atoms with van der Waals surface area (Å²) in [7, 11) is -3.43. The van der Waals surface area contributed by atoms with Crippen LogP contribution in [0.1, 0.15) is 32.1 Å². The van der Waals surface area contributed by atoms with Crippen molar-refractivity contribution in [2.24, 2.45) is 5.92 Å². The van der Waals surface area contributed by atoms with Gasteiger partial charge in [0.25, 0.3) is 0 Å². The van der Waals surface area contributed by atoms with Gasteiger partial charge in [0, 0.05) is 19.6 Å². The first-order chi connectivity index (χ1) is 10.1. The van der Waals surface area contributed by atoms with Gasteiger partial charge in [-0.1, -0.05) is 19.3 Å². The molecule has 1 saturated carbocycles. The monoisotopic (exact) mass is 313 g/mol. The van der Waals surface area contributed by atoms with Crippen molar-refractivity contribution in [2.45, 2.75) is 37.0 Å². The summed E-state index contributed by atoms with van der Waals surface area (Å²) in [4.78, 5) is 0.255. The van der Waals surface area contributed by atoms with Gasteiger partial charge in [-0.2, -0.15) is 0 Å². The summed E-state index contributed by atoms with van der Waals surface area (Å²) in [5.41, 5.74) is 0. The summed E-state index contributed by atoms with van der Waals surface area (Å²) in [5, 5.41) is 8.67. The summed E-state index contributed by atoms with van der Waals surface area (Å²) in [6, 6.07) is 6.36. The standard InChI is InChI=1S/C15H23NO4S/c17-11-2-12-20-14-5-7-15(8-6-14)21(18,19)16-10-9-13-3-1-4-13/h5-8,13,16-17H,1-4,9-12H2. The van der Waals surface area contributed by atoms with E-state index in [4.69, 9.17) is 9.84 Å². The van der Waals surface area contributed by atoms with Gasteiger partial charge in [0.1, 0.15) is 5.75 Å². The number of aliphatic hydroxyl groups excluding tert-OH is 1. The highest BCUT2D eigenvalue weighted by Gasteiger charge is 2.19. The van der Waals surface area contributed by atoms with E-state index in [0.29, 0.717) is 31.2 Å². The van der Waals surface area contributed by atoms with E-state index in [1.807, 2.05) is 0 Å². The molecule has 0 aliphatic heterocycles. The Morgan fingerprint density at radius 1 is 1.24 bits per heavy atom. The molecule has 0 saturated heterocycles. The van der Waals surface area contributed by atoms with Crippen molar-refractivity contribution < 1.29 is 18.3 Å². The Bertz CT molecular complexity index is 523. The van der Waals surface area contributed by atoms with Crippen LogP contribution in [0.3, 0.4) is 0 Å². The topological polar surface area (TPSA) is 75.6 Å². The van der Waals surface area contributed by atoms with Gasteiger partial charge in [-0.05, 0) is 36.6 Å². The molecule has 1 fully saturated rings. The Kier molecular flexibility index (Phi) is 6.02. The number of ether oxygens (including phenoxy) is 1. The second-order valence-electron chi connectivity index (χ2n) is 5.38. The molecule has 1 aromatic rings. The molecule has 118 valence electrons. The summed E-state index contributed by atoms with van der Waals surface area (Å²) in [6.07, 6.45) is 5.20. The lowest BCUT2D eigenvalue weighted by Gasteiger charge is -2.25. The molecule has 0 amide bonds. The largest absolute Gasteiger partial charge is 0.494 e. The van der Waals surface area contributed by atoms with Gasteiger partial charge < -0.3 is 9.84 Å². The Morgan fingerprint density at radius 2 is 1.95 bits per heavy atom. The zero-order chi connectivity index (χ0) is 15.1. The zero-order valence-corrected chi connectivity index (χ0v) is 12.9. The zero-order valence-electron chi connectivity index (χ0n) is 12.1. The first kappa shape index (κ1) is 16.3. The quantitative estimate of drug-likeness (QED) is 0.683. The fourth-order valence-electron chi connectivity index (χ4n) is 2.23. The maximum absolute atomic E-state index is 12.1. The van der Waals surface area contributed by atoms with E-state index in [0.717, 1.165) is 6.42 Å². The Morgan fingerprint density at radius 3 is 2.52 bits per heavy atom. The maximum Gasteiger partial charge on any atom is 0.240 e. The van der Waals surface area contributed by atoms with Crippen molar-refractivity contribution in [1.82, 2.24) is 4.72 Å². The van der Waals surface area contributed by atoms with Gasteiger partial charge in [0.05, 0.1) is 11.5 Å². The minimum atomic E-state index is -3.43. The van der Waals surface area contributed by atoms with Crippen LogP contribution in [0.15, 0.2) is 29.2 Å². The summed E-state index contributed by atoms with van der Waals surface area (Å²) in [6.45, 7) is 1.00. The van der Waals surface area contributed by atoms with Crippen molar-refractivity contribution >= 4 is 10.0 Å². The highest BCUT2D eigenvalue weighted by Crippen LogP contribution is 2.28.